The largest absolute Gasteiger partial charge is 0.491 e. The van der Waals surface area contributed by atoms with Crippen molar-refractivity contribution in [2.24, 2.45) is 23.7 Å². The van der Waals surface area contributed by atoms with Gasteiger partial charge < -0.3 is 19.7 Å². The lowest BCUT2D eigenvalue weighted by atomic mass is 10.2. The third kappa shape index (κ3) is 60.4. The number of carboxylic acids is 2. The Balaban J connectivity index is -0.000000133. The summed E-state index contributed by atoms with van der Waals surface area (Å²) in [5, 5.41) is 14.8. The normalized spacial score (nSPS) is 10.2. The Hall–Kier alpha value is -2.08. The average molecular weight is 573 g/mol. The predicted octanol–water partition coefficient (Wildman–Crippen LogP) is 10.2. The molecule has 0 aliphatic rings. The summed E-state index contributed by atoms with van der Waals surface area (Å²) in [4.78, 5) is 18.2. The van der Waals surface area contributed by atoms with Crippen LogP contribution >= 0.6 is 0 Å². The van der Waals surface area contributed by atoms with Crippen molar-refractivity contribution in [1.82, 2.24) is 0 Å². The van der Waals surface area contributed by atoms with Crippen molar-refractivity contribution in [3.63, 3.8) is 0 Å². The predicted molar refractivity (Wildman–Crippen MR) is 173 cm³/mol. The van der Waals surface area contributed by atoms with Crippen molar-refractivity contribution in [2.75, 3.05) is 13.2 Å². The average Bonchev–Trinajstić information content (AvgIpc) is 2.92. The highest BCUT2D eigenvalue weighted by molar-refractivity contribution is 6.27. The zero-order valence-corrected chi connectivity index (χ0v) is 28.8. The lowest BCUT2D eigenvalue weighted by Gasteiger charge is -2.11. The van der Waals surface area contributed by atoms with E-state index in [1.807, 2.05) is 30.3 Å². The number of ether oxygens (including phenoxy) is 2. The van der Waals surface area contributed by atoms with Crippen molar-refractivity contribution < 1.29 is 29.3 Å². The number of carboxylic acid groups (broad SMARTS) is 2. The molecular formula is C34H68O6. The second-order valence-corrected chi connectivity index (χ2v) is 11.1. The summed E-state index contributed by atoms with van der Waals surface area (Å²) in [6, 6.07) is 9.80. The molecule has 0 heterocycles. The molecule has 0 amide bonds. The first-order valence-electron chi connectivity index (χ1n) is 15.3. The summed E-state index contributed by atoms with van der Waals surface area (Å²) in [6.07, 6.45) is 6.60. The molecule has 0 aliphatic heterocycles. The van der Waals surface area contributed by atoms with Gasteiger partial charge in [0.15, 0.2) is 0 Å². The summed E-state index contributed by atoms with van der Waals surface area (Å²) in [5.41, 5.74) is 0. The van der Waals surface area contributed by atoms with Gasteiger partial charge in [-0.05, 0) is 49.1 Å². The summed E-state index contributed by atoms with van der Waals surface area (Å²) in [6.45, 7) is 32.0. The van der Waals surface area contributed by atoms with Crippen molar-refractivity contribution in [2.45, 2.75) is 135 Å². The van der Waals surface area contributed by atoms with Gasteiger partial charge in [-0.15, -0.1) is 0 Å². The molecule has 0 aliphatic carbocycles. The van der Waals surface area contributed by atoms with Crippen LogP contribution in [0.25, 0.3) is 0 Å². The van der Waals surface area contributed by atoms with Gasteiger partial charge in [0.05, 0.1) is 12.7 Å². The lowest BCUT2D eigenvalue weighted by molar-refractivity contribution is -0.159. The molecule has 1 aromatic rings. The van der Waals surface area contributed by atoms with Crippen LogP contribution in [0.4, 0.5) is 0 Å². The quantitative estimate of drug-likeness (QED) is 0.214. The number of carbonyl (C=O) groups is 2. The Bertz CT molecular complexity index is 568. The summed E-state index contributed by atoms with van der Waals surface area (Å²) < 4.78 is 11.0. The molecule has 2 N–H and O–H groups in total. The fraction of sp³-hybridized carbons (Fsp3) is 0.765. The zero-order valence-electron chi connectivity index (χ0n) is 28.8. The van der Waals surface area contributed by atoms with E-state index in [2.05, 4.69) is 96.9 Å². The molecule has 40 heavy (non-hydrogen) atoms. The van der Waals surface area contributed by atoms with E-state index in [1.54, 1.807) is 0 Å². The maximum atomic E-state index is 9.10. The molecule has 0 saturated carbocycles. The first-order valence-corrected chi connectivity index (χ1v) is 15.3. The zero-order chi connectivity index (χ0) is 32.5. The molecule has 0 spiro atoms. The van der Waals surface area contributed by atoms with Crippen molar-refractivity contribution >= 4 is 11.9 Å². The highest BCUT2D eigenvalue weighted by atomic mass is 16.5. The lowest BCUT2D eigenvalue weighted by Crippen LogP contribution is -2.13. The van der Waals surface area contributed by atoms with E-state index in [9.17, 15) is 0 Å². The summed E-state index contributed by atoms with van der Waals surface area (Å²) >= 11 is 0. The van der Waals surface area contributed by atoms with E-state index in [1.165, 1.54) is 25.7 Å². The van der Waals surface area contributed by atoms with Crippen LogP contribution in [-0.4, -0.2) is 41.5 Å². The molecule has 0 fully saturated rings. The molecule has 0 aromatic heterocycles. The van der Waals surface area contributed by atoms with Gasteiger partial charge in [-0.3, -0.25) is 0 Å². The molecule has 0 bridgehead atoms. The van der Waals surface area contributed by atoms with E-state index in [-0.39, 0.29) is 0 Å². The minimum absolute atomic E-state index is 0.328. The standard InChI is InChI=1S/C12H18O2.4C5H12.C2H2O4/c1-3-11(2)13-9-10-14-12-7-5-4-6-8-12;4*1-4-5(2)3;3-1(4)2(5)6/h4-8,11H,3,9-10H2,1-2H3;4*5H,4H2,1-3H3;(H,3,4)(H,5,6). The fourth-order valence-corrected chi connectivity index (χ4v) is 1.04. The molecule has 240 valence electrons. The molecule has 6 heteroatoms. The van der Waals surface area contributed by atoms with Crippen LogP contribution < -0.4 is 4.74 Å². The van der Waals surface area contributed by atoms with Crippen LogP contribution in [0, 0.1) is 23.7 Å². The van der Waals surface area contributed by atoms with Crippen molar-refractivity contribution in [1.29, 1.82) is 0 Å². The molecular weight excluding hydrogens is 504 g/mol. The smallest absolute Gasteiger partial charge is 0.414 e. The molecule has 1 unspecified atom stereocenters. The van der Waals surface area contributed by atoms with Crippen LogP contribution in [0.2, 0.25) is 0 Å². The monoisotopic (exact) mass is 573 g/mol. The molecule has 1 atom stereocenters. The van der Waals surface area contributed by atoms with Crippen LogP contribution in [-0.2, 0) is 14.3 Å². The Kier molecular flexibility index (Phi) is 44.0. The van der Waals surface area contributed by atoms with Crippen LogP contribution in [0.3, 0.4) is 0 Å². The van der Waals surface area contributed by atoms with Gasteiger partial charge >= 0.3 is 11.9 Å². The van der Waals surface area contributed by atoms with Crippen molar-refractivity contribution in [3.8, 4) is 5.75 Å². The maximum absolute atomic E-state index is 9.10. The van der Waals surface area contributed by atoms with E-state index in [0.29, 0.717) is 19.3 Å². The highest BCUT2D eigenvalue weighted by Crippen LogP contribution is 2.08. The van der Waals surface area contributed by atoms with Crippen LogP contribution in [0.5, 0.6) is 5.75 Å². The van der Waals surface area contributed by atoms with Gasteiger partial charge in [0.2, 0.25) is 0 Å². The van der Waals surface area contributed by atoms with Crippen molar-refractivity contribution in [3.05, 3.63) is 30.3 Å². The first-order chi connectivity index (χ1) is 18.5. The summed E-state index contributed by atoms with van der Waals surface area (Å²) in [5.74, 6) is 0.792. The fourth-order valence-electron chi connectivity index (χ4n) is 1.04. The first kappa shape index (κ1) is 47.7. The van der Waals surface area contributed by atoms with Gasteiger partial charge in [-0.1, -0.05) is 134 Å². The maximum Gasteiger partial charge on any atom is 0.414 e. The highest BCUT2D eigenvalue weighted by Gasteiger charge is 2.04. The number of aliphatic carboxylic acids is 2. The van der Waals surface area contributed by atoms with Gasteiger partial charge in [0.1, 0.15) is 12.4 Å². The van der Waals surface area contributed by atoms with Gasteiger partial charge in [0.25, 0.3) is 0 Å². The minimum Gasteiger partial charge on any atom is -0.491 e. The Morgan fingerprint density at radius 2 is 0.875 bits per heavy atom. The number of rotatable bonds is 10. The van der Waals surface area contributed by atoms with E-state index in [4.69, 9.17) is 29.3 Å². The van der Waals surface area contributed by atoms with Crippen LogP contribution in [0.15, 0.2) is 30.3 Å². The third-order valence-corrected chi connectivity index (χ3v) is 5.52. The molecule has 6 nitrogen and oxygen atoms in total. The topological polar surface area (TPSA) is 93.1 Å². The second kappa shape index (κ2) is 36.9. The number of hydrogen-bond acceptors (Lipinski definition) is 4. The molecule has 1 rings (SSSR count). The molecule has 0 radical (unpaired) electrons. The number of benzene rings is 1. The number of hydrogen-bond donors (Lipinski definition) is 2. The van der Waals surface area contributed by atoms with Crippen LogP contribution in [0.1, 0.15) is 129 Å². The van der Waals surface area contributed by atoms with Gasteiger partial charge in [0, 0.05) is 0 Å². The van der Waals surface area contributed by atoms with E-state index < -0.39 is 11.9 Å². The van der Waals surface area contributed by atoms with E-state index >= 15 is 0 Å². The van der Waals surface area contributed by atoms with Gasteiger partial charge in [-0.25, -0.2) is 9.59 Å². The second-order valence-electron chi connectivity index (χ2n) is 11.1. The minimum atomic E-state index is -1.82. The Morgan fingerprint density at radius 3 is 1.10 bits per heavy atom. The molecule has 0 saturated heterocycles. The Morgan fingerprint density at radius 1 is 0.575 bits per heavy atom. The molecule has 1 aromatic carbocycles. The SMILES string of the molecule is CCC(C)C.CCC(C)C.CCC(C)C.CCC(C)C.CCC(C)OCCOc1ccccc1.O=C(O)C(=O)O. The summed E-state index contributed by atoms with van der Waals surface area (Å²) in [7, 11) is 0. The van der Waals surface area contributed by atoms with E-state index in [0.717, 1.165) is 35.8 Å². The van der Waals surface area contributed by atoms with Gasteiger partial charge in [-0.2, -0.15) is 0 Å². The Labute approximate surface area is 249 Å². The third-order valence-electron chi connectivity index (χ3n) is 5.52. The number of para-hydroxylation sites is 1.